The smallest absolute Gasteiger partial charge is 0.00851 e. The van der Waals surface area contributed by atoms with Crippen molar-refractivity contribution in [2.24, 2.45) is 58.2 Å². The second-order valence-corrected chi connectivity index (χ2v) is 21.7. The first-order valence-corrected chi connectivity index (χ1v) is 26.2. The van der Waals surface area contributed by atoms with Crippen LogP contribution in [0.3, 0.4) is 0 Å². The first-order chi connectivity index (χ1) is 27.2. The maximum absolute atomic E-state index is 2.85. The molecule has 0 aromatic carbocycles. The minimum Gasteiger partial charge on any atom is -0.0882 e. The molecule has 0 amide bonds. The van der Waals surface area contributed by atoms with E-state index in [4.69, 9.17) is 0 Å². The first-order valence-electron chi connectivity index (χ1n) is 26.2. The second kappa shape index (κ2) is 26.4. The molecule has 0 heteroatoms. The van der Waals surface area contributed by atoms with Gasteiger partial charge in [-0.05, 0) is 142 Å². The normalized spacial score (nSPS) is 30.1. The maximum atomic E-state index is 2.85. The van der Waals surface area contributed by atoms with Crippen LogP contribution < -0.4 is 0 Å². The molecule has 324 valence electrons. The van der Waals surface area contributed by atoms with Gasteiger partial charge in [-0.15, -0.1) is 0 Å². The van der Waals surface area contributed by atoms with Gasteiger partial charge < -0.3 is 0 Å². The number of unbranched alkanes of at least 4 members (excludes halogenated alkanes) is 14. The van der Waals surface area contributed by atoms with Gasteiger partial charge in [0, 0.05) is 0 Å². The van der Waals surface area contributed by atoms with E-state index < -0.39 is 0 Å². The lowest BCUT2D eigenvalue weighted by molar-refractivity contribution is -0.0529. The van der Waals surface area contributed by atoms with Gasteiger partial charge in [-0.25, -0.2) is 0 Å². The molecule has 0 aromatic rings. The minimum atomic E-state index is 0.527. The first kappa shape index (κ1) is 47.9. The van der Waals surface area contributed by atoms with Gasteiger partial charge in [-0.2, -0.15) is 0 Å². The van der Waals surface area contributed by atoms with E-state index in [9.17, 15) is 0 Å². The van der Waals surface area contributed by atoms with Gasteiger partial charge in [-0.3, -0.25) is 0 Å². The van der Waals surface area contributed by atoms with Gasteiger partial charge in [0.2, 0.25) is 0 Å². The van der Waals surface area contributed by atoms with Crippen molar-refractivity contribution in [2.45, 2.75) is 260 Å². The molecular formula is C56H100. The van der Waals surface area contributed by atoms with Crippen molar-refractivity contribution in [3.05, 3.63) is 36.0 Å². The topological polar surface area (TPSA) is 0 Å². The number of allylic oxidation sites excluding steroid dienone is 6. The van der Waals surface area contributed by atoms with Gasteiger partial charge in [-0.1, -0.05) is 213 Å². The number of hydrogen-bond donors (Lipinski definition) is 0. The number of fused-ring (bicyclic) bond motifs is 5. The fourth-order valence-electron chi connectivity index (χ4n) is 13.6. The van der Waals surface area contributed by atoms with Crippen molar-refractivity contribution in [1.29, 1.82) is 0 Å². The third kappa shape index (κ3) is 15.0. The standard InChI is InChI=1S/C56H100/c1-8-10-11-12-13-14-15-16-17-18-19-20-21-22-23-24-25-28-34-48(9-2)35-29-26-27-30-36-49-41-43-55(6)50(45-49)37-38-51-53-40-39-52(47(5)33-31-32-46(3)4)56(53,7)44-42-54(51)55/h13-14,16-17,37,46-49,51-54H,8-12,15,18-36,38-45H2,1-7H3/b14-13-,17-16-. The number of hydrogen-bond acceptors (Lipinski definition) is 0. The summed E-state index contributed by atoms with van der Waals surface area (Å²) in [7, 11) is 0. The summed E-state index contributed by atoms with van der Waals surface area (Å²) in [6.07, 6.45) is 59.9. The third-order valence-electron chi connectivity index (χ3n) is 17.3. The zero-order chi connectivity index (χ0) is 40.1. The summed E-state index contributed by atoms with van der Waals surface area (Å²) in [5.74, 6) is 7.70. The van der Waals surface area contributed by atoms with E-state index in [0.717, 1.165) is 53.8 Å². The van der Waals surface area contributed by atoms with Crippen LogP contribution >= 0.6 is 0 Å². The molecule has 0 heterocycles. The van der Waals surface area contributed by atoms with Crippen molar-refractivity contribution in [3.8, 4) is 0 Å². The zero-order valence-electron chi connectivity index (χ0n) is 39.3. The predicted octanol–water partition coefficient (Wildman–Crippen LogP) is 19.0. The fourth-order valence-corrected chi connectivity index (χ4v) is 13.6. The van der Waals surface area contributed by atoms with Crippen molar-refractivity contribution in [3.63, 3.8) is 0 Å². The summed E-state index contributed by atoms with van der Waals surface area (Å²) < 4.78 is 0. The SMILES string of the molecule is CCCCC/C=C\C/C=C\CCCCCCCCCCC(CC)CCCCCCC1CCC2(C)C(=CCC3C2CCC2(C)C(C(C)CCCC(C)C)CCC32)C1. The average molecular weight is 773 g/mol. The quantitative estimate of drug-likeness (QED) is 0.0504. The van der Waals surface area contributed by atoms with Gasteiger partial charge in [0.25, 0.3) is 0 Å². The van der Waals surface area contributed by atoms with E-state index in [2.05, 4.69) is 78.8 Å². The van der Waals surface area contributed by atoms with E-state index in [0.29, 0.717) is 10.8 Å². The Bertz CT molecular complexity index is 1110. The Hall–Kier alpha value is -0.780. The lowest BCUT2D eigenvalue weighted by Gasteiger charge is -2.58. The molecule has 4 aliphatic rings. The lowest BCUT2D eigenvalue weighted by atomic mass is 9.46. The van der Waals surface area contributed by atoms with E-state index >= 15 is 0 Å². The molecule has 9 atom stereocenters. The molecule has 0 aromatic heterocycles. The summed E-state index contributed by atoms with van der Waals surface area (Å²) in [6, 6.07) is 0. The molecule has 0 aliphatic heterocycles. The minimum absolute atomic E-state index is 0.527. The Morgan fingerprint density at radius 2 is 1.27 bits per heavy atom. The summed E-state index contributed by atoms with van der Waals surface area (Å²) >= 11 is 0. The van der Waals surface area contributed by atoms with Crippen LogP contribution in [0.15, 0.2) is 36.0 Å². The van der Waals surface area contributed by atoms with E-state index in [1.54, 1.807) is 0 Å². The summed E-state index contributed by atoms with van der Waals surface area (Å²) in [5, 5.41) is 0. The summed E-state index contributed by atoms with van der Waals surface area (Å²) in [4.78, 5) is 0. The molecule has 0 saturated heterocycles. The molecule has 9 unspecified atom stereocenters. The van der Waals surface area contributed by atoms with E-state index in [1.807, 2.05) is 5.57 Å². The molecule has 0 N–H and O–H groups in total. The Morgan fingerprint density at radius 1 is 0.625 bits per heavy atom. The maximum Gasteiger partial charge on any atom is -0.00851 e. The summed E-state index contributed by atoms with van der Waals surface area (Å²) in [6.45, 7) is 17.7. The van der Waals surface area contributed by atoms with Crippen LogP contribution in [0, 0.1) is 58.2 Å². The van der Waals surface area contributed by atoms with Crippen LogP contribution in [0.5, 0.6) is 0 Å². The van der Waals surface area contributed by atoms with Gasteiger partial charge in [0.1, 0.15) is 0 Å². The van der Waals surface area contributed by atoms with Gasteiger partial charge >= 0.3 is 0 Å². The third-order valence-corrected chi connectivity index (χ3v) is 17.3. The average Bonchev–Trinajstić information content (AvgIpc) is 3.55. The number of rotatable bonds is 30. The Morgan fingerprint density at radius 3 is 1.93 bits per heavy atom. The fraction of sp³-hybridized carbons (Fsp3) is 0.893. The zero-order valence-corrected chi connectivity index (χ0v) is 39.3. The van der Waals surface area contributed by atoms with E-state index in [1.165, 1.54) is 205 Å². The van der Waals surface area contributed by atoms with Gasteiger partial charge in [0.15, 0.2) is 0 Å². The molecule has 4 rings (SSSR count). The van der Waals surface area contributed by atoms with Crippen LogP contribution in [0.4, 0.5) is 0 Å². The lowest BCUT2D eigenvalue weighted by Crippen LogP contribution is -2.50. The molecule has 0 nitrogen and oxygen atoms in total. The Labute approximate surface area is 353 Å². The highest BCUT2D eigenvalue weighted by molar-refractivity contribution is 5.25. The molecule has 0 bridgehead atoms. The predicted molar refractivity (Wildman–Crippen MR) is 251 cm³/mol. The Balaban J connectivity index is 1.00. The van der Waals surface area contributed by atoms with Crippen LogP contribution in [-0.2, 0) is 0 Å². The largest absolute Gasteiger partial charge is 0.0882 e. The van der Waals surface area contributed by atoms with Crippen LogP contribution in [0.1, 0.15) is 260 Å². The van der Waals surface area contributed by atoms with Crippen LogP contribution in [0.2, 0.25) is 0 Å². The molecule has 0 radical (unpaired) electrons. The molecule has 3 fully saturated rings. The highest BCUT2D eigenvalue weighted by atomic mass is 14.6. The Kier molecular flexibility index (Phi) is 22.6. The van der Waals surface area contributed by atoms with E-state index in [-0.39, 0.29) is 0 Å². The van der Waals surface area contributed by atoms with Crippen molar-refractivity contribution >= 4 is 0 Å². The van der Waals surface area contributed by atoms with Crippen molar-refractivity contribution in [2.75, 3.05) is 0 Å². The second-order valence-electron chi connectivity index (χ2n) is 21.7. The van der Waals surface area contributed by atoms with Gasteiger partial charge in [0.05, 0.1) is 0 Å². The van der Waals surface area contributed by atoms with Crippen LogP contribution in [0.25, 0.3) is 0 Å². The molecule has 56 heavy (non-hydrogen) atoms. The molecular weight excluding hydrogens is 673 g/mol. The molecule has 0 spiro atoms. The van der Waals surface area contributed by atoms with Crippen LogP contribution in [-0.4, -0.2) is 0 Å². The molecule has 4 aliphatic carbocycles. The summed E-state index contributed by atoms with van der Waals surface area (Å²) in [5.41, 5.74) is 3.08. The van der Waals surface area contributed by atoms with Crippen molar-refractivity contribution < 1.29 is 0 Å². The monoisotopic (exact) mass is 773 g/mol. The highest BCUT2D eigenvalue weighted by Gasteiger charge is 2.59. The molecule has 3 saturated carbocycles. The van der Waals surface area contributed by atoms with Crippen molar-refractivity contribution in [1.82, 2.24) is 0 Å². The highest BCUT2D eigenvalue weighted by Crippen LogP contribution is 2.67.